The summed E-state index contributed by atoms with van der Waals surface area (Å²) in [5.74, 6) is 0.522. The Kier molecular flexibility index (Phi) is 5.44. The van der Waals surface area contributed by atoms with Gasteiger partial charge in [-0.3, -0.25) is 9.69 Å². The lowest BCUT2D eigenvalue weighted by molar-refractivity contribution is -0.119. The zero-order valence-electron chi connectivity index (χ0n) is 10.3. The Morgan fingerprint density at radius 2 is 2.35 bits per heavy atom. The number of imidazole rings is 1. The third kappa shape index (κ3) is 4.36. The standard InChI is InChI=1S/C11H19ClN4O/c1-3-4-5-16(7-10(13)17)8-11-14-6-9(12)15(11)2/h6H,3-5,7-8H2,1-2H3,(H2,13,17). The molecule has 1 aromatic heterocycles. The zero-order valence-corrected chi connectivity index (χ0v) is 11.1. The summed E-state index contributed by atoms with van der Waals surface area (Å²) >= 11 is 5.91. The lowest BCUT2D eigenvalue weighted by Crippen LogP contribution is -2.34. The van der Waals surface area contributed by atoms with Gasteiger partial charge in [0, 0.05) is 7.05 Å². The van der Waals surface area contributed by atoms with Gasteiger partial charge in [-0.15, -0.1) is 0 Å². The molecule has 0 fully saturated rings. The van der Waals surface area contributed by atoms with Crippen LogP contribution in [-0.2, 0) is 18.4 Å². The van der Waals surface area contributed by atoms with Gasteiger partial charge in [-0.25, -0.2) is 4.98 Å². The Hall–Kier alpha value is -1.07. The van der Waals surface area contributed by atoms with Gasteiger partial charge in [-0.2, -0.15) is 0 Å². The molecule has 6 heteroatoms. The summed E-state index contributed by atoms with van der Waals surface area (Å²) in [5, 5.41) is 0.592. The first-order valence-corrected chi connectivity index (χ1v) is 6.09. The molecule has 96 valence electrons. The number of hydrogen-bond donors (Lipinski definition) is 1. The van der Waals surface area contributed by atoms with E-state index >= 15 is 0 Å². The number of aromatic nitrogens is 2. The highest BCUT2D eigenvalue weighted by Crippen LogP contribution is 2.11. The molecular weight excluding hydrogens is 240 g/mol. The second kappa shape index (κ2) is 6.61. The molecule has 17 heavy (non-hydrogen) atoms. The van der Waals surface area contributed by atoms with Crippen LogP contribution in [-0.4, -0.2) is 33.4 Å². The molecule has 1 amide bonds. The van der Waals surface area contributed by atoms with Crippen LogP contribution in [0.2, 0.25) is 5.15 Å². The number of carbonyl (C=O) groups excluding carboxylic acids is 1. The number of rotatable bonds is 7. The first kappa shape index (κ1) is 14.0. The van der Waals surface area contributed by atoms with E-state index in [0.29, 0.717) is 11.7 Å². The van der Waals surface area contributed by atoms with Crippen molar-refractivity contribution in [3.8, 4) is 0 Å². The molecule has 0 spiro atoms. The zero-order chi connectivity index (χ0) is 12.8. The largest absolute Gasteiger partial charge is 0.369 e. The number of primary amides is 1. The van der Waals surface area contributed by atoms with Gasteiger partial charge in [0.15, 0.2) is 0 Å². The summed E-state index contributed by atoms with van der Waals surface area (Å²) < 4.78 is 1.81. The highest BCUT2D eigenvalue weighted by molar-refractivity contribution is 6.29. The van der Waals surface area contributed by atoms with Crippen LogP contribution in [0.3, 0.4) is 0 Å². The van der Waals surface area contributed by atoms with E-state index in [1.165, 1.54) is 0 Å². The average molecular weight is 259 g/mol. The summed E-state index contributed by atoms with van der Waals surface area (Å²) in [6.45, 7) is 3.79. The number of nitrogens with zero attached hydrogens (tertiary/aromatic N) is 3. The summed E-state index contributed by atoms with van der Waals surface area (Å²) in [4.78, 5) is 17.2. The number of hydrogen-bond acceptors (Lipinski definition) is 3. The highest BCUT2D eigenvalue weighted by Gasteiger charge is 2.12. The van der Waals surface area contributed by atoms with Gasteiger partial charge in [-0.1, -0.05) is 24.9 Å². The number of amides is 1. The smallest absolute Gasteiger partial charge is 0.231 e. The van der Waals surface area contributed by atoms with Gasteiger partial charge in [0.25, 0.3) is 0 Å². The Labute approximate surface area is 107 Å². The molecule has 0 aromatic carbocycles. The van der Waals surface area contributed by atoms with Crippen LogP contribution in [0.25, 0.3) is 0 Å². The normalized spacial score (nSPS) is 11.1. The quantitative estimate of drug-likeness (QED) is 0.798. The van der Waals surface area contributed by atoms with Gasteiger partial charge in [0.2, 0.25) is 5.91 Å². The number of nitrogens with two attached hydrogens (primary N) is 1. The molecule has 0 bridgehead atoms. The third-order valence-electron chi connectivity index (χ3n) is 2.60. The van der Waals surface area contributed by atoms with Crippen molar-refractivity contribution >= 4 is 17.5 Å². The van der Waals surface area contributed by atoms with Crippen molar-refractivity contribution in [3.63, 3.8) is 0 Å². The molecule has 0 aliphatic heterocycles. The van der Waals surface area contributed by atoms with Crippen molar-refractivity contribution in [2.45, 2.75) is 26.3 Å². The number of unbranched alkanes of at least 4 members (excludes halogenated alkanes) is 1. The number of halogens is 1. The Morgan fingerprint density at radius 1 is 1.65 bits per heavy atom. The minimum Gasteiger partial charge on any atom is -0.369 e. The van der Waals surface area contributed by atoms with Gasteiger partial charge in [0.1, 0.15) is 11.0 Å². The van der Waals surface area contributed by atoms with E-state index in [1.54, 1.807) is 6.20 Å². The molecule has 0 unspecified atom stereocenters. The molecular formula is C11H19ClN4O. The summed E-state index contributed by atoms with van der Waals surface area (Å²) in [6, 6.07) is 0. The minimum atomic E-state index is -0.318. The van der Waals surface area contributed by atoms with Crippen LogP contribution in [0.1, 0.15) is 25.6 Å². The molecule has 1 aromatic rings. The first-order valence-electron chi connectivity index (χ1n) is 5.71. The van der Waals surface area contributed by atoms with Crippen LogP contribution in [0, 0.1) is 0 Å². The molecule has 1 heterocycles. The maximum atomic E-state index is 11.0. The van der Waals surface area contributed by atoms with Crippen molar-refractivity contribution in [2.24, 2.45) is 12.8 Å². The van der Waals surface area contributed by atoms with Crippen molar-refractivity contribution in [1.82, 2.24) is 14.5 Å². The molecule has 0 saturated heterocycles. The maximum absolute atomic E-state index is 11.0. The van der Waals surface area contributed by atoms with E-state index in [9.17, 15) is 4.79 Å². The van der Waals surface area contributed by atoms with E-state index in [1.807, 2.05) is 16.5 Å². The second-order valence-corrected chi connectivity index (χ2v) is 4.47. The van der Waals surface area contributed by atoms with Crippen LogP contribution in [0.5, 0.6) is 0 Å². The first-order chi connectivity index (χ1) is 8.04. The van der Waals surface area contributed by atoms with Gasteiger partial charge in [-0.05, 0) is 13.0 Å². The lowest BCUT2D eigenvalue weighted by Gasteiger charge is -2.19. The molecule has 0 saturated carbocycles. The minimum absolute atomic E-state index is 0.254. The van der Waals surface area contributed by atoms with Crippen molar-refractivity contribution in [2.75, 3.05) is 13.1 Å². The Bertz CT molecular complexity index is 378. The molecule has 1 rings (SSSR count). The summed E-state index contributed by atoms with van der Waals surface area (Å²) in [7, 11) is 1.85. The molecule has 0 aliphatic rings. The molecule has 0 atom stereocenters. The monoisotopic (exact) mass is 258 g/mol. The van der Waals surface area contributed by atoms with E-state index < -0.39 is 0 Å². The topological polar surface area (TPSA) is 64.2 Å². The SMILES string of the molecule is CCCCN(CC(N)=O)Cc1ncc(Cl)n1C. The van der Waals surface area contributed by atoms with E-state index in [-0.39, 0.29) is 12.5 Å². The van der Waals surface area contributed by atoms with Crippen LogP contribution in [0.4, 0.5) is 0 Å². The van der Waals surface area contributed by atoms with Crippen LogP contribution >= 0.6 is 11.6 Å². The van der Waals surface area contributed by atoms with Crippen LogP contribution < -0.4 is 5.73 Å². The Morgan fingerprint density at radius 3 is 2.82 bits per heavy atom. The molecule has 0 radical (unpaired) electrons. The second-order valence-electron chi connectivity index (χ2n) is 4.09. The fourth-order valence-corrected chi connectivity index (χ4v) is 1.73. The molecule has 0 aliphatic carbocycles. The fourth-order valence-electron chi connectivity index (χ4n) is 1.59. The van der Waals surface area contributed by atoms with Gasteiger partial charge >= 0.3 is 0 Å². The lowest BCUT2D eigenvalue weighted by atomic mass is 10.3. The summed E-state index contributed by atoms with van der Waals surface area (Å²) in [5.41, 5.74) is 5.23. The summed E-state index contributed by atoms with van der Waals surface area (Å²) in [6.07, 6.45) is 3.72. The van der Waals surface area contributed by atoms with Crippen molar-refractivity contribution in [3.05, 3.63) is 17.2 Å². The van der Waals surface area contributed by atoms with E-state index in [2.05, 4.69) is 11.9 Å². The van der Waals surface area contributed by atoms with Crippen LogP contribution in [0.15, 0.2) is 6.20 Å². The predicted molar refractivity (Wildman–Crippen MR) is 67.6 cm³/mol. The molecule has 5 nitrogen and oxygen atoms in total. The van der Waals surface area contributed by atoms with E-state index in [0.717, 1.165) is 25.2 Å². The Balaban J connectivity index is 2.64. The number of carbonyl (C=O) groups is 1. The van der Waals surface area contributed by atoms with Gasteiger partial charge in [0.05, 0.1) is 19.3 Å². The third-order valence-corrected chi connectivity index (χ3v) is 2.95. The average Bonchev–Trinajstić information content (AvgIpc) is 2.57. The van der Waals surface area contributed by atoms with Crippen molar-refractivity contribution < 1.29 is 4.79 Å². The highest BCUT2D eigenvalue weighted by atomic mass is 35.5. The van der Waals surface area contributed by atoms with E-state index in [4.69, 9.17) is 17.3 Å². The predicted octanol–water partition coefficient (Wildman–Crippen LogP) is 1.16. The fraction of sp³-hybridized carbons (Fsp3) is 0.636. The van der Waals surface area contributed by atoms with Crippen molar-refractivity contribution in [1.29, 1.82) is 0 Å². The maximum Gasteiger partial charge on any atom is 0.231 e. The molecule has 2 N–H and O–H groups in total. The van der Waals surface area contributed by atoms with Gasteiger partial charge < -0.3 is 10.3 Å².